The highest BCUT2D eigenvalue weighted by molar-refractivity contribution is 5.35. The number of nitrogens with one attached hydrogen (secondary N) is 3. The topological polar surface area (TPSA) is 53.9 Å². The molecule has 1 aromatic heterocycles. The average molecular weight is 249 g/mol. The van der Waals surface area contributed by atoms with Gasteiger partial charge in [0.15, 0.2) is 0 Å². The van der Waals surface area contributed by atoms with Gasteiger partial charge in [-0.25, -0.2) is 4.68 Å². The molecule has 2 atom stereocenters. The van der Waals surface area contributed by atoms with E-state index in [-0.39, 0.29) is 0 Å². The minimum Gasteiger partial charge on any atom is -0.370 e. The second kappa shape index (κ2) is 5.28. The molecule has 3 rings (SSSR count). The Bertz CT molecular complexity index is 384. The minimum atomic E-state index is 0.533. The van der Waals surface area contributed by atoms with Gasteiger partial charge in [-0.3, -0.25) is 0 Å². The zero-order chi connectivity index (χ0) is 12.4. The van der Waals surface area contributed by atoms with Gasteiger partial charge >= 0.3 is 0 Å². The molecule has 5 nitrogen and oxygen atoms in total. The number of hydrogen-bond acceptors (Lipinski definition) is 4. The van der Waals surface area contributed by atoms with Crippen LogP contribution in [0.3, 0.4) is 0 Å². The van der Waals surface area contributed by atoms with Gasteiger partial charge in [0, 0.05) is 31.7 Å². The Morgan fingerprint density at radius 3 is 3.11 bits per heavy atom. The first kappa shape index (κ1) is 12.0. The molecule has 0 aliphatic carbocycles. The summed E-state index contributed by atoms with van der Waals surface area (Å²) in [6.45, 7) is 6.56. The van der Waals surface area contributed by atoms with Crippen molar-refractivity contribution in [3.8, 4) is 0 Å². The Morgan fingerprint density at radius 2 is 2.39 bits per heavy atom. The summed E-state index contributed by atoms with van der Waals surface area (Å²) in [6, 6.07) is 3.30. The molecular formula is C13H23N5. The molecule has 3 heterocycles. The number of hydrogen-bond donors (Lipinski definition) is 3. The van der Waals surface area contributed by atoms with E-state index >= 15 is 0 Å². The lowest BCUT2D eigenvalue weighted by molar-refractivity contribution is 0.320. The van der Waals surface area contributed by atoms with E-state index in [1.807, 2.05) is 6.20 Å². The van der Waals surface area contributed by atoms with Gasteiger partial charge in [0.2, 0.25) is 0 Å². The summed E-state index contributed by atoms with van der Waals surface area (Å²) in [4.78, 5) is 0. The lowest BCUT2D eigenvalue weighted by Gasteiger charge is -2.29. The molecule has 0 radical (unpaired) electrons. The van der Waals surface area contributed by atoms with E-state index in [9.17, 15) is 0 Å². The van der Waals surface area contributed by atoms with Crippen molar-refractivity contribution >= 4 is 5.82 Å². The molecule has 0 aromatic carbocycles. The summed E-state index contributed by atoms with van der Waals surface area (Å²) < 4.78 is 2.12. The van der Waals surface area contributed by atoms with Gasteiger partial charge in [-0.05, 0) is 25.3 Å². The van der Waals surface area contributed by atoms with E-state index in [1.165, 1.54) is 18.7 Å². The summed E-state index contributed by atoms with van der Waals surface area (Å²) >= 11 is 0. The second-order valence-electron chi connectivity index (χ2n) is 5.37. The van der Waals surface area contributed by atoms with E-state index in [0.717, 1.165) is 32.1 Å². The molecule has 3 N–H and O–H groups in total. The lowest BCUT2D eigenvalue weighted by Crippen LogP contribution is -2.44. The molecule has 18 heavy (non-hydrogen) atoms. The van der Waals surface area contributed by atoms with Crippen LogP contribution in [-0.2, 0) is 0 Å². The Morgan fingerprint density at radius 1 is 1.50 bits per heavy atom. The third-order valence-corrected chi connectivity index (χ3v) is 4.25. The number of nitrogens with zero attached hydrogens (tertiary/aromatic N) is 2. The molecule has 100 valence electrons. The first-order valence-corrected chi connectivity index (χ1v) is 7.10. The average Bonchev–Trinajstić information content (AvgIpc) is 2.92. The lowest BCUT2D eigenvalue weighted by atomic mass is 9.99. The Balaban J connectivity index is 1.57. The van der Waals surface area contributed by atoms with Crippen LogP contribution in [0.2, 0.25) is 0 Å². The van der Waals surface area contributed by atoms with Gasteiger partial charge in [-0.2, -0.15) is 5.10 Å². The van der Waals surface area contributed by atoms with Crippen molar-refractivity contribution in [3.63, 3.8) is 0 Å². The molecule has 0 spiro atoms. The maximum absolute atomic E-state index is 4.42. The van der Waals surface area contributed by atoms with Crippen LogP contribution in [0.4, 0.5) is 5.82 Å². The number of anilines is 1. The highest BCUT2D eigenvalue weighted by Gasteiger charge is 2.26. The summed E-state index contributed by atoms with van der Waals surface area (Å²) in [5, 5.41) is 14.9. The molecule has 5 heteroatoms. The third-order valence-electron chi connectivity index (χ3n) is 4.25. The molecule has 0 amide bonds. The van der Waals surface area contributed by atoms with E-state index < -0.39 is 0 Å². The van der Waals surface area contributed by atoms with E-state index in [2.05, 4.69) is 38.7 Å². The Hall–Kier alpha value is -1.07. The summed E-state index contributed by atoms with van der Waals surface area (Å²) in [6.07, 6.45) is 4.40. The van der Waals surface area contributed by atoms with Gasteiger partial charge in [0.05, 0.1) is 12.2 Å². The summed E-state index contributed by atoms with van der Waals surface area (Å²) in [7, 11) is 0. The molecule has 2 unspecified atom stereocenters. The predicted octanol–water partition coefficient (Wildman–Crippen LogP) is 0.827. The van der Waals surface area contributed by atoms with E-state index in [1.54, 1.807) is 0 Å². The van der Waals surface area contributed by atoms with Crippen LogP contribution in [0, 0.1) is 5.92 Å². The summed E-state index contributed by atoms with van der Waals surface area (Å²) in [5.41, 5.74) is 0. The molecule has 0 bridgehead atoms. The number of rotatable bonds is 5. The normalized spacial score (nSPS) is 28.3. The quantitative estimate of drug-likeness (QED) is 0.723. The standard InChI is InChI=1S/C13H23N5/c1-2-12-10(3-5-15-12)7-16-13-4-6-17-18(13)11-8-14-9-11/h4,6,10-12,14-16H,2-3,5,7-9H2,1H3. The SMILES string of the molecule is CCC1NCCC1CNc1ccnn1C1CNC1. The number of aromatic nitrogens is 2. The molecule has 2 fully saturated rings. The van der Waals surface area contributed by atoms with Gasteiger partial charge in [0.25, 0.3) is 0 Å². The van der Waals surface area contributed by atoms with Gasteiger partial charge in [0.1, 0.15) is 5.82 Å². The van der Waals surface area contributed by atoms with Crippen LogP contribution >= 0.6 is 0 Å². The van der Waals surface area contributed by atoms with Crippen molar-refractivity contribution in [3.05, 3.63) is 12.3 Å². The maximum atomic E-state index is 4.42. The third kappa shape index (κ3) is 2.24. The van der Waals surface area contributed by atoms with Crippen LogP contribution in [0.25, 0.3) is 0 Å². The van der Waals surface area contributed by atoms with E-state index in [0.29, 0.717) is 12.1 Å². The smallest absolute Gasteiger partial charge is 0.124 e. The van der Waals surface area contributed by atoms with Crippen LogP contribution in [0.15, 0.2) is 12.3 Å². The molecule has 0 saturated carbocycles. The highest BCUT2D eigenvalue weighted by Crippen LogP contribution is 2.21. The van der Waals surface area contributed by atoms with Crippen molar-refractivity contribution in [2.45, 2.75) is 31.8 Å². The predicted molar refractivity (Wildman–Crippen MR) is 72.8 cm³/mol. The van der Waals surface area contributed by atoms with Gasteiger partial charge in [-0.15, -0.1) is 0 Å². The Labute approximate surface area is 108 Å². The van der Waals surface area contributed by atoms with Crippen molar-refractivity contribution < 1.29 is 0 Å². The summed E-state index contributed by atoms with van der Waals surface area (Å²) in [5.74, 6) is 1.92. The molecule has 2 aliphatic rings. The fourth-order valence-electron chi connectivity index (χ4n) is 2.97. The first-order chi connectivity index (χ1) is 8.88. The maximum Gasteiger partial charge on any atom is 0.124 e. The molecule has 2 aliphatic heterocycles. The monoisotopic (exact) mass is 249 g/mol. The second-order valence-corrected chi connectivity index (χ2v) is 5.37. The largest absolute Gasteiger partial charge is 0.370 e. The van der Waals surface area contributed by atoms with E-state index in [4.69, 9.17) is 0 Å². The minimum absolute atomic E-state index is 0.533. The fourth-order valence-corrected chi connectivity index (χ4v) is 2.97. The van der Waals surface area contributed by atoms with Crippen LogP contribution < -0.4 is 16.0 Å². The van der Waals surface area contributed by atoms with Crippen molar-refractivity contribution in [1.29, 1.82) is 0 Å². The highest BCUT2D eigenvalue weighted by atomic mass is 15.4. The molecular weight excluding hydrogens is 226 g/mol. The molecule has 2 saturated heterocycles. The van der Waals surface area contributed by atoms with Crippen LogP contribution in [-0.4, -0.2) is 42.0 Å². The van der Waals surface area contributed by atoms with Gasteiger partial charge < -0.3 is 16.0 Å². The fraction of sp³-hybridized carbons (Fsp3) is 0.769. The molecule has 1 aromatic rings. The zero-order valence-corrected chi connectivity index (χ0v) is 11.0. The van der Waals surface area contributed by atoms with Crippen LogP contribution in [0.1, 0.15) is 25.8 Å². The van der Waals surface area contributed by atoms with Gasteiger partial charge in [-0.1, -0.05) is 6.92 Å². The van der Waals surface area contributed by atoms with Crippen molar-refractivity contribution in [2.75, 3.05) is 31.5 Å². The zero-order valence-electron chi connectivity index (χ0n) is 11.0. The first-order valence-electron chi connectivity index (χ1n) is 7.10. The Kier molecular flexibility index (Phi) is 3.52. The van der Waals surface area contributed by atoms with Crippen LogP contribution in [0.5, 0.6) is 0 Å². The van der Waals surface area contributed by atoms with Crippen molar-refractivity contribution in [1.82, 2.24) is 20.4 Å². The van der Waals surface area contributed by atoms with Crippen molar-refractivity contribution in [2.24, 2.45) is 5.92 Å².